The van der Waals surface area contributed by atoms with E-state index >= 15 is 0 Å². The van der Waals surface area contributed by atoms with Crippen LogP contribution >= 0.6 is 36.2 Å². The van der Waals surface area contributed by atoms with Crippen molar-refractivity contribution in [3.8, 4) is 0 Å². The van der Waals surface area contributed by atoms with E-state index in [0.29, 0.717) is 0 Å². The molecule has 0 saturated carbocycles. The Labute approximate surface area is 62.3 Å². The highest BCUT2D eigenvalue weighted by molar-refractivity contribution is 8.75. The Morgan fingerprint density at radius 3 is 1.00 bits per heavy atom. The maximum atomic E-state index is 11.5. The standard InChI is InChI=1S/F3H3S3Si2/c1-7(2,3)8(4,5)6/h4-6H. The molecule has 0 unspecified atom stereocenters. The van der Waals surface area contributed by atoms with Crippen LogP contribution < -0.4 is 0 Å². The minimum absolute atomic E-state index is 3.24. The summed E-state index contributed by atoms with van der Waals surface area (Å²) in [6, 6.07) is 0. The van der Waals surface area contributed by atoms with E-state index in [4.69, 9.17) is 0 Å². The maximum absolute atomic E-state index is 11.5. The van der Waals surface area contributed by atoms with Gasteiger partial charge in [0, 0.05) is 0 Å². The van der Waals surface area contributed by atoms with Gasteiger partial charge in [-0.05, 0) is 0 Å². The SMILES string of the molecule is F[Si](F)(F)[Si](S)(S)S. The van der Waals surface area contributed by atoms with Crippen molar-refractivity contribution in [3.05, 3.63) is 0 Å². The summed E-state index contributed by atoms with van der Waals surface area (Å²) >= 11 is 9.72. The van der Waals surface area contributed by atoms with E-state index in [9.17, 15) is 12.3 Å². The lowest BCUT2D eigenvalue weighted by atomic mass is 18.7. The lowest BCUT2D eigenvalue weighted by Crippen LogP contribution is -2.40. The number of halogens is 3. The molecule has 50 valence electrons. The van der Waals surface area contributed by atoms with Gasteiger partial charge >= 0.3 is 13.6 Å². The molecule has 0 bridgehead atoms. The van der Waals surface area contributed by atoms with Crippen LogP contribution in [0.3, 0.4) is 0 Å². The van der Waals surface area contributed by atoms with Gasteiger partial charge in [0.05, 0.1) is 0 Å². The molecule has 0 amide bonds. The first-order valence-corrected chi connectivity index (χ1v) is 9.99. The third-order valence-electron chi connectivity index (χ3n) is 0.380. The molecule has 8 heavy (non-hydrogen) atoms. The lowest BCUT2D eigenvalue weighted by Gasteiger charge is -2.11. The molecule has 0 radical (unpaired) electrons. The van der Waals surface area contributed by atoms with Crippen molar-refractivity contribution in [2.75, 3.05) is 0 Å². The molecule has 0 heterocycles. The van der Waals surface area contributed by atoms with Crippen molar-refractivity contribution in [2.45, 2.75) is 0 Å². The Kier molecular flexibility index (Phi) is 2.88. The van der Waals surface area contributed by atoms with Gasteiger partial charge in [-0.1, -0.05) is 0 Å². The minimum Gasteiger partial charge on any atom is -0.239 e. The predicted octanol–water partition coefficient (Wildman–Crippen LogP) is 1.64. The molecule has 0 spiro atoms. The van der Waals surface area contributed by atoms with Gasteiger partial charge in [-0.15, -0.1) is 0 Å². The molecule has 0 aromatic rings. The normalized spacial score (nSPS) is 14.2. The highest BCUT2D eigenvalue weighted by atomic mass is 32.7. The molecule has 0 atom stereocenters. The summed E-state index contributed by atoms with van der Waals surface area (Å²) in [5, 5.41) is -3.64. The quantitative estimate of drug-likeness (QED) is 0.328. The number of rotatable bonds is 1. The van der Waals surface area contributed by atoms with Gasteiger partial charge in [0.15, 0.2) is 0 Å². The van der Waals surface area contributed by atoms with Crippen molar-refractivity contribution < 1.29 is 12.3 Å². The van der Waals surface area contributed by atoms with Gasteiger partial charge in [0.1, 0.15) is 0 Å². The number of hydrogen-bond donors (Lipinski definition) is 3. The van der Waals surface area contributed by atoms with Crippen LogP contribution in [0.15, 0.2) is 0 Å². The largest absolute Gasteiger partial charge is 0.619 e. The van der Waals surface area contributed by atoms with Crippen molar-refractivity contribution in [1.82, 2.24) is 0 Å². The maximum Gasteiger partial charge on any atom is 0.619 e. The molecule has 0 aliphatic heterocycles. The first-order chi connectivity index (χ1) is 3.25. The molecule has 0 N–H and O–H groups in total. The lowest BCUT2D eigenvalue weighted by molar-refractivity contribution is 0.514. The fourth-order valence-electron chi connectivity index (χ4n) is 0. The van der Waals surface area contributed by atoms with E-state index in [0.717, 1.165) is 0 Å². The Hall–Kier alpha value is 1.27. The van der Waals surface area contributed by atoms with Crippen LogP contribution in [0.4, 0.5) is 12.3 Å². The van der Waals surface area contributed by atoms with Crippen molar-refractivity contribution in [3.63, 3.8) is 0 Å². The summed E-state index contributed by atoms with van der Waals surface area (Å²) in [5.74, 6) is 0. The molecule has 0 nitrogen and oxygen atoms in total. The van der Waals surface area contributed by atoms with Crippen molar-refractivity contribution in [2.24, 2.45) is 0 Å². The van der Waals surface area contributed by atoms with Crippen molar-refractivity contribution >= 4 is 49.9 Å². The van der Waals surface area contributed by atoms with E-state index in [-0.39, 0.29) is 0 Å². The minimum atomic E-state index is -5.63. The zero-order chi connectivity index (χ0) is 7.00. The number of hydrogen-bond acceptors (Lipinski definition) is 3. The fraction of sp³-hybridized carbons (Fsp3) is 0. The molecule has 0 aromatic heterocycles. The first-order valence-electron chi connectivity index (χ1n) is 1.49. The van der Waals surface area contributed by atoms with Gasteiger partial charge in [-0.3, -0.25) is 0 Å². The van der Waals surface area contributed by atoms with Crippen LogP contribution in [0.2, 0.25) is 0 Å². The molecule has 0 aliphatic rings. The predicted molar refractivity (Wildman–Crippen MR) is 41.8 cm³/mol. The topological polar surface area (TPSA) is 0 Å². The third-order valence-corrected chi connectivity index (χ3v) is 10.3. The monoisotopic (exact) mass is 212 g/mol. The smallest absolute Gasteiger partial charge is 0.239 e. The van der Waals surface area contributed by atoms with Crippen molar-refractivity contribution in [1.29, 1.82) is 0 Å². The van der Waals surface area contributed by atoms with E-state index in [1.807, 2.05) is 0 Å². The van der Waals surface area contributed by atoms with E-state index in [2.05, 4.69) is 36.2 Å². The summed E-state index contributed by atoms with van der Waals surface area (Å²) in [7, 11) is -5.63. The van der Waals surface area contributed by atoms with Crippen LogP contribution in [-0.2, 0) is 0 Å². The molecular formula is H3F3S3Si2. The average Bonchev–Trinajstić information content (AvgIpc) is 1.25. The van der Waals surface area contributed by atoms with Crippen LogP contribution in [0.1, 0.15) is 0 Å². The third kappa shape index (κ3) is 2.71. The fourth-order valence-corrected chi connectivity index (χ4v) is 0. The van der Waals surface area contributed by atoms with E-state index < -0.39 is 13.6 Å². The highest BCUT2D eigenvalue weighted by Gasteiger charge is 2.57. The average molecular weight is 212 g/mol. The Balaban J connectivity index is 4.02. The molecule has 0 fully saturated rings. The van der Waals surface area contributed by atoms with E-state index in [1.54, 1.807) is 0 Å². The van der Waals surface area contributed by atoms with Gasteiger partial charge in [0.2, 0.25) is 0 Å². The summed E-state index contributed by atoms with van der Waals surface area (Å²) in [6.45, 7) is 0. The molecule has 8 heteroatoms. The van der Waals surface area contributed by atoms with Gasteiger partial charge in [0.25, 0.3) is 0 Å². The molecule has 0 aliphatic carbocycles. The van der Waals surface area contributed by atoms with Gasteiger partial charge < -0.3 is 0 Å². The summed E-state index contributed by atoms with van der Waals surface area (Å²) in [6.07, 6.45) is 0. The zero-order valence-corrected chi connectivity index (χ0v) is 8.16. The van der Waals surface area contributed by atoms with E-state index in [1.165, 1.54) is 0 Å². The molecule has 0 aromatic carbocycles. The second-order valence-electron chi connectivity index (χ2n) is 1.13. The first kappa shape index (κ1) is 9.27. The number of thiol groups is 3. The van der Waals surface area contributed by atoms with Crippen LogP contribution in [-0.4, -0.2) is 13.6 Å². The molecule has 0 rings (SSSR count). The summed E-state index contributed by atoms with van der Waals surface area (Å²) in [5.41, 5.74) is 0. The second kappa shape index (κ2) is 2.48. The Morgan fingerprint density at radius 1 is 0.875 bits per heavy atom. The van der Waals surface area contributed by atoms with Crippen LogP contribution in [0.5, 0.6) is 0 Å². The van der Waals surface area contributed by atoms with Crippen LogP contribution in [0, 0.1) is 0 Å². The van der Waals surface area contributed by atoms with Gasteiger partial charge in [-0.2, -0.15) is 36.2 Å². The second-order valence-corrected chi connectivity index (χ2v) is 20.4. The molecular weight excluding hydrogens is 209 g/mol. The zero-order valence-electron chi connectivity index (χ0n) is 3.48. The Bertz CT molecular complexity index is 67.5. The summed E-state index contributed by atoms with van der Waals surface area (Å²) < 4.78 is 34.6. The molecule has 0 saturated heterocycles. The highest BCUT2D eigenvalue weighted by Crippen LogP contribution is 2.32. The Morgan fingerprint density at radius 2 is 1.00 bits per heavy atom. The van der Waals surface area contributed by atoms with Gasteiger partial charge in [-0.25, -0.2) is 12.3 Å². The van der Waals surface area contributed by atoms with Crippen LogP contribution in [0.25, 0.3) is 0 Å². The summed E-state index contributed by atoms with van der Waals surface area (Å²) in [4.78, 5) is 0.